The number of anilines is 1. The first kappa shape index (κ1) is 20.6. The minimum atomic E-state index is -0.596. The molecule has 0 aliphatic carbocycles. The third-order valence-corrected chi connectivity index (χ3v) is 5.13. The average Bonchev–Trinajstić information content (AvgIpc) is 3.00. The smallest absolute Gasteiger partial charge is 0.316 e. The third-order valence-electron chi connectivity index (χ3n) is 4.10. The first-order valence-electron chi connectivity index (χ1n) is 8.90. The Labute approximate surface area is 172 Å². The fourth-order valence-corrected chi connectivity index (χ4v) is 3.44. The predicted octanol–water partition coefficient (Wildman–Crippen LogP) is 3.90. The molecule has 150 valence electrons. The summed E-state index contributed by atoms with van der Waals surface area (Å²) in [5.41, 5.74) is 2.88. The van der Waals surface area contributed by atoms with Crippen LogP contribution in [0.3, 0.4) is 0 Å². The van der Waals surface area contributed by atoms with Gasteiger partial charge in [-0.25, -0.2) is 9.07 Å². The maximum atomic E-state index is 13.6. The lowest BCUT2D eigenvalue weighted by molar-refractivity contribution is -0.144. The summed E-state index contributed by atoms with van der Waals surface area (Å²) < 4.78 is 20.3. The molecule has 0 atom stereocenters. The Morgan fingerprint density at radius 1 is 1.10 bits per heavy atom. The highest BCUT2D eigenvalue weighted by atomic mass is 32.2. The van der Waals surface area contributed by atoms with Gasteiger partial charge in [0.25, 0.3) is 5.91 Å². The van der Waals surface area contributed by atoms with Crippen molar-refractivity contribution in [2.24, 2.45) is 0 Å². The first-order chi connectivity index (χ1) is 14.0. The summed E-state index contributed by atoms with van der Waals surface area (Å²) >= 11 is 1.02. The quantitative estimate of drug-likeness (QED) is 0.470. The van der Waals surface area contributed by atoms with Gasteiger partial charge in [0, 0.05) is 4.90 Å². The number of aromatic nitrogens is 2. The first-order valence-corrected chi connectivity index (χ1v) is 9.88. The summed E-state index contributed by atoms with van der Waals surface area (Å²) in [7, 11) is 0. The molecule has 3 aromatic rings. The standard InChI is InChI=1S/C21H20FN3O3S/c1-14-21(15(2)25(24-14)16-8-4-3-5-9-16)23-19(26)12-28-20(27)13-29-18-11-7-6-10-17(18)22/h3-11H,12-13H2,1-2H3,(H,23,26). The Morgan fingerprint density at radius 2 is 1.79 bits per heavy atom. The number of hydrogen-bond acceptors (Lipinski definition) is 5. The number of benzene rings is 2. The number of esters is 1. The molecule has 0 aliphatic heterocycles. The number of nitrogens with one attached hydrogen (secondary N) is 1. The molecule has 2 aromatic carbocycles. The highest BCUT2D eigenvalue weighted by Gasteiger charge is 2.16. The van der Waals surface area contributed by atoms with E-state index < -0.39 is 24.3 Å². The molecule has 1 amide bonds. The van der Waals surface area contributed by atoms with Gasteiger partial charge in [0.2, 0.25) is 0 Å². The molecule has 0 unspecified atom stereocenters. The van der Waals surface area contributed by atoms with Crippen molar-refractivity contribution in [3.8, 4) is 5.69 Å². The van der Waals surface area contributed by atoms with Crippen molar-refractivity contribution in [1.29, 1.82) is 0 Å². The van der Waals surface area contributed by atoms with E-state index in [4.69, 9.17) is 4.74 Å². The molecular formula is C21H20FN3O3S. The number of hydrogen-bond donors (Lipinski definition) is 1. The molecule has 29 heavy (non-hydrogen) atoms. The molecule has 0 saturated carbocycles. The minimum Gasteiger partial charge on any atom is -0.455 e. The van der Waals surface area contributed by atoms with Crippen LogP contribution in [0, 0.1) is 19.7 Å². The SMILES string of the molecule is Cc1nn(-c2ccccc2)c(C)c1NC(=O)COC(=O)CSc1ccccc1F. The van der Waals surface area contributed by atoms with E-state index in [0.29, 0.717) is 16.3 Å². The van der Waals surface area contributed by atoms with Gasteiger partial charge in [-0.15, -0.1) is 11.8 Å². The lowest BCUT2D eigenvalue weighted by atomic mass is 10.3. The zero-order valence-electron chi connectivity index (χ0n) is 16.0. The van der Waals surface area contributed by atoms with E-state index in [-0.39, 0.29) is 5.75 Å². The zero-order valence-corrected chi connectivity index (χ0v) is 16.8. The Morgan fingerprint density at radius 3 is 2.52 bits per heavy atom. The molecule has 1 heterocycles. The second-order valence-electron chi connectivity index (χ2n) is 6.22. The third kappa shape index (κ3) is 5.23. The molecule has 0 aliphatic rings. The van der Waals surface area contributed by atoms with Gasteiger partial charge in [-0.3, -0.25) is 9.59 Å². The van der Waals surface area contributed by atoms with Crippen LogP contribution >= 0.6 is 11.8 Å². The van der Waals surface area contributed by atoms with Crippen molar-refractivity contribution >= 4 is 29.3 Å². The van der Waals surface area contributed by atoms with E-state index in [1.165, 1.54) is 6.07 Å². The number of para-hydroxylation sites is 1. The van der Waals surface area contributed by atoms with Crippen LogP contribution in [0.1, 0.15) is 11.4 Å². The molecule has 1 aromatic heterocycles. The monoisotopic (exact) mass is 413 g/mol. The summed E-state index contributed by atoms with van der Waals surface area (Å²) in [6.45, 7) is 3.21. The largest absolute Gasteiger partial charge is 0.455 e. The van der Waals surface area contributed by atoms with Crippen LogP contribution in [0.2, 0.25) is 0 Å². The van der Waals surface area contributed by atoms with Crippen molar-refractivity contribution in [1.82, 2.24) is 9.78 Å². The van der Waals surface area contributed by atoms with Crippen molar-refractivity contribution in [3.63, 3.8) is 0 Å². The van der Waals surface area contributed by atoms with Gasteiger partial charge in [-0.1, -0.05) is 30.3 Å². The molecule has 0 bridgehead atoms. The summed E-state index contributed by atoms with van der Waals surface area (Å²) in [5.74, 6) is -1.54. The highest BCUT2D eigenvalue weighted by molar-refractivity contribution is 8.00. The second kappa shape index (κ2) is 9.38. The number of halogens is 1. The second-order valence-corrected chi connectivity index (χ2v) is 7.24. The highest BCUT2D eigenvalue weighted by Crippen LogP contribution is 2.23. The molecule has 8 heteroatoms. The van der Waals surface area contributed by atoms with Crippen LogP contribution in [-0.4, -0.2) is 34.0 Å². The molecule has 6 nitrogen and oxygen atoms in total. The number of carbonyl (C=O) groups is 2. The maximum Gasteiger partial charge on any atom is 0.316 e. The minimum absolute atomic E-state index is 0.0851. The van der Waals surface area contributed by atoms with Crippen LogP contribution in [0.25, 0.3) is 5.69 Å². The number of carbonyl (C=O) groups excluding carboxylic acids is 2. The van der Waals surface area contributed by atoms with E-state index in [1.807, 2.05) is 37.3 Å². The predicted molar refractivity (Wildman–Crippen MR) is 110 cm³/mol. The van der Waals surface area contributed by atoms with Crippen LogP contribution in [0.4, 0.5) is 10.1 Å². The molecule has 0 saturated heterocycles. The number of rotatable bonds is 7. The van der Waals surface area contributed by atoms with Crippen molar-refractivity contribution < 1.29 is 18.7 Å². The fourth-order valence-electron chi connectivity index (χ4n) is 2.71. The molecule has 0 spiro atoms. The number of aryl methyl sites for hydroxylation is 1. The molecule has 0 radical (unpaired) electrons. The Hall–Kier alpha value is -3.13. The van der Waals surface area contributed by atoms with E-state index in [9.17, 15) is 14.0 Å². The average molecular weight is 413 g/mol. The summed E-state index contributed by atoms with van der Waals surface area (Å²) in [6, 6.07) is 15.7. The van der Waals surface area contributed by atoms with Crippen LogP contribution in [-0.2, 0) is 14.3 Å². The van der Waals surface area contributed by atoms with Gasteiger partial charge in [0.15, 0.2) is 6.61 Å². The maximum absolute atomic E-state index is 13.6. The summed E-state index contributed by atoms with van der Waals surface area (Å²) in [6.07, 6.45) is 0. The Balaban J connectivity index is 1.54. The Kier molecular flexibility index (Phi) is 6.66. The van der Waals surface area contributed by atoms with Gasteiger partial charge in [-0.2, -0.15) is 5.10 Å². The lowest BCUT2D eigenvalue weighted by Crippen LogP contribution is -2.22. The molecule has 3 rings (SSSR count). The Bertz CT molecular complexity index is 1020. The normalized spacial score (nSPS) is 10.6. The lowest BCUT2D eigenvalue weighted by Gasteiger charge is -2.08. The van der Waals surface area contributed by atoms with Crippen LogP contribution < -0.4 is 5.32 Å². The van der Waals surface area contributed by atoms with E-state index in [1.54, 1.807) is 29.8 Å². The van der Waals surface area contributed by atoms with Gasteiger partial charge >= 0.3 is 5.97 Å². The number of ether oxygens (including phenoxy) is 1. The van der Waals surface area contributed by atoms with Crippen LogP contribution in [0.5, 0.6) is 0 Å². The summed E-state index contributed by atoms with van der Waals surface area (Å²) in [5, 5.41) is 7.20. The van der Waals surface area contributed by atoms with Crippen LogP contribution in [0.15, 0.2) is 59.5 Å². The number of nitrogens with zero attached hydrogens (tertiary/aromatic N) is 2. The van der Waals surface area contributed by atoms with Gasteiger partial charge < -0.3 is 10.1 Å². The van der Waals surface area contributed by atoms with Gasteiger partial charge in [0.05, 0.1) is 28.5 Å². The zero-order chi connectivity index (χ0) is 20.8. The van der Waals surface area contributed by atoms with Gasteiger partial charge in [-0.05, 0) is 38.1 Å². The van der Waals surface area contributed by atoms with Gasteiger partial charge in [0.1, 0.15) is 5.82 Å². The van der Waals surface area contributed by atoms with E-state index in [2.05, 4.69) is 10.4 Å². The number of amides is 1. The molecular weight excluding hydrogens is 393 g/mol. The van der Waals surface area contributed by atoms with Crippen molar-refractivity contribution in [3.05, 3.63) is 71.8 Å². The van der Waals surface area contributed by atoms with E-state index in [0.717, 1.165) is 23.1 Å². The fraction of sp³-hybridized carbons (Fsp3) is 0.190. The van der Waals surface area contributed by atoms with E-state index >= 15 is 0 Å². The molecule has 1 N–H and O–H groups in total. The summed E-state index contributed by atoms with van der Waals surface area (Å²) in [4.78, 5) is 24.4. The molecule has 0 fully saturated rings. The topological polar surface area (TPSA) is 73.2 Å². The van der Waals surface area contributed by atoms with Crippen molar-refractivity contribution in [2.75, 3.05) is 17.7 Å². The van der Waals surface area contributed by atoms with Crippen molar-refractivity contribution in [2.45, 2.75) is 18.7 Å². The number of thioether (sulfide) groups is 1.